The van der Waals surface area contributed by atoms with E-state index in [4.69, 9.17) is 0 Å². The van der Waals surface area contributed by atoms with Crippen LogP contribution in [0.1, 0.15) is 24.6 Å². The number of nitrogens with one attached hydrogen (secondary N) is 1. The van der Waals surface area contributed by atoms with E-state index in [0.717, 1.165) is 23.4 Å². The van der Waals surface area contributed by atoms with E-state index in [1.807, 2.05) is 24.4 Å². The fourth-order valence-corrected chi connectivity index (χ4v) is 1.79. The van der Waals surface area contributed by atoms with E-state index in [1.54, 1.807) is 11.3 Å². The molecule has 3 nitrogen and oxygen atoms in total. The van der Waals surface area contributed by atoms with Gasteiger partial charge in [-0.15, -0.1) is 11.3 Å². The molecule has 2 rings (SSSR count). The van der Waals surface area contributed by atoms with Crippen LogP contribution in [0, 0.1) is 5.92 Å². The first kappa shape index (κ1) is 9.40. The summed E-state index contributed by atoms with van der Waals surface area (Å²) in [5.41, 5.74) is 3.46. The molecule has 1 N–H and O–H groups in total. The summed E-state index contributed by atoms with van der Waals surface area (Å²) >= 11 is 1.62. The summed E-state index contributed by atoms with van der Waals surface area (Å²) in [5, 5.41) is 6.05. The number of rotatable bonds is 3. The maximum Gasteiger partial charge on any atom is 0.243 e. The van der Waals surface area contributed by atoms with Gasteiger partial charge in [0.15, 0.2) is 0 Å². The van der Waals surface area contributed by atoms with Crippen molar-refractivity contribution in [1.29, 1.82) is 0 Å². The van der Waals surface area contributed by atoms with Crippen LogP contribution in [0.5, 0.6) is 0 Å². The molecule has 1 aromatic heterocycles. The quantitative estimate of drug-likeness (QED) is 0.599. The van der Waals surface area contributed by atoms with Crippen molar-refractivity contribution in [3.05, 3.63) is 22.4 Å². The molecular formula is C10H12N2OS. The van der Waals surface area contributed by atoms with Gasteiger partial charge in [0.2, 0.25) is 5.91 Å². The predicted octanol–water partition coefficient (Wildman–Crippen LogP) is 2.00. The summed E-state index contributed by atoms with van der Waals surface area (Å²) in [7, 11) is 0. The Labute approximate surface area is 86.8 Å². The lowest BCUT2D eigenvalue weighted by Gasteiger charge is -1.98. The molecular weight excluding hydrogens is 196 g/mol. The highest BCUT2D eigenvalue weighted by molar-refractivity contribution is 7.12. The molecule has 1 fully saturated rings. The molecule has 1 amide bonds. The third-order valence-corrected chi connectivity index (χ3v) is 3.14. The minimum atomic E-state index is 0.0564. The first-order valence-corrected chi connectivity index (χ1v) is 5.53. The van der Waals surface area contributed by atoms with Gasteiger partial charge in [-0.05, 0) is 31.2 Å². The lowest BCUT2D eigenvalue weighted by molar-refractivity contribution is -0.122. The molecule has 14 heavy (non-hydrogen) atoms. The topological polar surface area (TPSA) is 41.5 Å². The van der Waals surface area contributed by atoms with Crippen molar-refractivity contribution in [2.24, 2.45) is 11.0 Å². The smallest absolute Gasteiger partial charge is 0.243 e. The summed E-state index contributed by atoms with van der Waals surface area (Å²) in [6, 6.07) is 3.97. The molecule has 1 aliphatic carbocycles. The van der Waals surface area contributed by atoms with Gasteiger partial charge < -0.3 is 0 Å². The monoisotopic (exact) mass is 208 g/mol. The van der Waals surface area contributed by atoms with Crippen molar-refractivity contribution in [3.63, 3.8) is 0 Å². The molecule has 0 atom stereocenters. The number of hydrogen-bond acceptors (Lipinski definition) is 3. The van der Waals surface area contributed by atoms with E-state index in [2.05, 4.69) is 10.5 Å². The van der Waals surface area contributed by atoms with Crippen molar-refractivity contribution in [2.75, 3.05) is 0 Å². The SMILES string of the molecule is C/C(=N/NC(=O)C1CC1)c1cccs1. The fourth-order valence-electron chi connectivity index (χ4n) is 1.12. The fraction of sp³-hybridized carbons (Fsp3) is 0.400. The van der Waals surface area contributed by atoms with Crippen LogP contribution in [-0.4, -0.2) is 11.6 Å². The van der Waals surface area contributed by atoms with Crippen molar-refractivity contribution in [3.8, 4) is 0 Å². The number of nitrogens with zero attached hydrogens (tertiary/aromatic N) is 1. The van der Waals surface area contributed by atoms with E-state index < -0.39 is 0 Å². The molecule has 1 saturated carbocycles. The van der Waals surface area contributed by atoms with Crippen LogP contribution in [0.3, 0.4) is 0 Å². The van der Waals surface area contributed by atoms with Crippen LogP contribution >= 0.6 is 11.3 Å². The average molecular weight is 208 g/mol. The lowest BCUT2D eigenvalue weighted by atomic mass is 10.3. The number of carbonyl (C=O) groups is 1. The van der Waals surface area contributed by atoms with Crippen molar-refractivity contribution < 1.29 is 4.79 Å². The molecule has 0 spiro atoms. The number of hydrogen-bond donors (Lipinski definition) is 1. The van der Waals surface area contributed by atoms with Gasteiger partial charge in [-0.3, -0.25) is 4.79 Å². The van der Waals surface area contributed by atoms with Gasteiger partial charge in [-0.2, -0.15) is 5.10 Å². The normalized spacial score (nSPS) is 16.8. The Hall–Kier alpha value is -1.16. The number of hydrazone groups is 1. The third kappa shape index (κ3) is 2.20. The van der Waals surface area contributed by atoms with Crippen LogP contribution in [-0.2, 0) is 4.79 Å². The molecule has 1 heterocycles. The lowest BCUT2D eigenvalue weighted by Crippen LogP contribution is -2.20. The Balaban J connectivity index is 1.93. The second kappa shape index (κ2) is 3.92. The largest absolute Gasteiger partial charge is 0.273 e. The zero-order valence-corrected chi connectivity index (χ0v) is 8.80. The molecule has 0 bridgehead atoms. The highest BCUT2D eigenvalue weighted by Gasteiger charge is 2.29. The molecule has 4 heteroatoms. The van der Waals surface area contributed by atoms with Gasteiger partial charge in [-0.1, -0.05) is 6.07 Å². The zero-order chi connectivity index (χ0) is 9.97. The van der Waals surface area contributed by atoms with E-state index >= 15 is 0 Å². The van der Waals surface area contributed by atoms with E-state index in [9.17, 15) is 4.79 Å². The number of amides is 1. The van der Waals surface area contributed by atoms with Crippen molar-refractivity contribution in [2.45, 2.75) is 19.8 Å². The van der Waals surface area contributed by atoms with Crippen LogP contribution < -0.4 is 5.43 Å². The number of carbonyl (C=O) groups excluding carboxylic acids is 1. The zero-order valence-electron chi connectivity index (χ0n) is 7.99. The maximum absolute atomic E-state index is 11.3. The molecule has 74 valence electrons. The second-order valence-electron chi connectivity index (χ2n) is 3.42. The minimum Gasteiger partial charge on any atom is -0.273 e. The van der Waals surface area contributed by atoms with Crippen molar-refractivity contribution in [1.82, 2.24) is 5.43 Å². The summed E-state index contributed by atoms with van der Waals surface area (Å²) in [4.78, 5) is 12.4. The molecule has 0 aromatic carbocycles. The number of thiophene rings is 1. The predicted molar refractivity (Wildman–Crippen MR) is 57.4 cm³/mol. The highest BCUT2D eigenvalue weighted by Crippen LogP contribution is 2.28. The van der Waals surface area contributed by atoms with Crippen LogP contribution in [0.4, 0.5) is 0 Å². The third-order valence-electron chi connectivity index (χ3n) is 2.16. The van der Waals surface area contributed by atoms with Crippen LogP contribution in [0.2, 0.25) is 0 Å². The molecule has 1 aromatic rings. The standard InChI is InChI=1S/C10H12N2OS/c1-7(9-3-2-6-14-9)11-12-10(13)8-4-5-8/h2-3,6,8H,4-5H2,1H3,(H,12,13)/b11-7-. The Bertz CT molecular complexity index is 352. The highest BCUT2D eigenvalue weighted by atomic mass is 32.1. The minimum absolute atomic E-state index is 0.0564. The molecule has 0 aliphatic heterocycles. The second-order valence-corrected chi connectivity index (χ2v) is 4.37. The first-order chi connectivity index (χ1) is 6.77. The van der Waals surface area contributed by atoms with E-state index in [0.29, 0.717) is 0 Å². The Morgan fingerprint density at radius 3 is 3.00 bits per heavy atom. The molecule has 0 saturated heterocycles. The van der Waals surface area contributed by atoms with Gasteiger partial charge >= 0.3 is 0 Å². The Morgan fingerprint density at radius 2 is 2.43 bits per heavy atom. The molecule has 0 radical (unpaired) electrons. The maximum atomic E-state index is 11.3. The van der Waals surface area contributed by atoms with Gasteiger partial charge in [0.05, 0.1) is 5.71 Å². The van der Waals surface area contributed by atoms with Gasteiger partial charge in [-0.25, -0.2) is 5.43 Å². The summed E-state index contributed by atoms with van der Waals surface area (Å²) in [6.07, 6.45) is 2.03. The van der Waals surface area contributed by atoms with E-state index in [1.165, 1.54) is 0 Å². The molecule has 1 aliphatic rings. The van der Waals surface area contributed by atoms with Gasteiger partial charge in [0.25, 0.3) is 0 Å². The Morgan fingerprint density at radius 1 is 1.64 bits per heavy atom. The van der Waals surface area contributed by atoms with Gasteiger partial charge in [0, 0.05) is 10.8 Å². The summed E-state index contributed by atoms with van der Waals surface area (Å²) in [5.74, 6) is 0.274. The summed E-state index contributed by atoms with van der Waals surface area (Å²) < 4.78 is 0. The average Bonchev–Trinajstić information content (AvgIpc) is 2.90. The van der Waals surface area contributed by atoms with Crippen LogP contribution in [0.15, 0.2) is 22.6 Å². The van der Waals surface area contributed by atoms with Crippen molar-refractivity contribution >= 4 is 23.0 Å². The van der Waals surface area contributed by atoms with Gasteiger partial charge in [0.1, 0.15) is 0 Å². The Kier molecular flexibility index (Phi) is 2.63. The van der Waals surface area contributed by atoms with E-state index in [-0.39, 0.29) is 11.8 Å². The molecule has 0 unspecified atom stereocenters. The first-order valence-electron chi connectivity index (χ1n) is 4.65. The van der Waals surface area contributed by atoms with Crippen LogP contribution in [0.25, 0.3) is 0 Å². The summed E-state index contributed by atoms with van der Waals surface area (Å²) in [6.45, 7) is 1.90.